The largest absolute Gasteiger partial charge is 0.229 e. The van der Waals surface area contributed by atoms with Gasteiger partial charge in [0.05, 0.1) is 0 Å². The number of benzene rings is 1. The molecule has 1 aromatic heterocycles. The molecule has 0 amide bonds. The molecule has 0 aliphatic heterocycles. The Morgan fingerprint density at radius 3 is 2.62 bits per heavy atom. The summed E-state index contributed by atoms with van der Waals surface area (Å²) in [6, 6.07) is 8.48. The molecule has 1 aromatic carbocycles. The molecule has 0 atom stereocenters. The molecule has 1 nitrogen and oxygen atoms in total. The number of pyridine rings is 1. The van der Waals surface area contributed by atoms with Crippen molar-refractivity contribution in [2.75, 3.05) is 0 Å². The second-order valence-corrected chi connectivity index (χ2v) is 4.42. The molecule has 0 bridgehead atoms. The maximum Gasteiger partial charge on any atom is 0.140 e. The van der Waals surface area contributed by atoms with Gasteiger partial charge in [0.1, 0.15) is 21.8 Å². The molecule has 5 heteroatoms. The Morgan fingerprint density at radius 1 is 1.12 bits per heavy atom. The lowest BCUT2D eigenvalue weighted by Crippen LogP contribution is -1.85. The van der Waals surface area contributed by atoms with Crippen LogP contribution in [0.1, 0.15) is 0 Å². The fourth-order valence-corrected chi connectivity index (χ4v) is 2.14. The summed E-state index contributed by atoms with van der Waals surface area (Å²) in [6.45, 7) is 0. The van der Waals surface area contributed by atoms with Crippen LogP contribution >= 0.6 is 23.4 Å². The Bertz CT molecular complexity index is 519. The van der Waals surface area contributed by atoms with Crippen LogP contribution in [-0.4, -0.2) is 4.98 Å². The number of hydrogen-bond donors (Lipinski definition) is 0. The van der Waals surface area contributed by atoms with Crippen LogP contribution in [0.5, 0.6) is 0 Å². The van der Waals surface area contributed by atoms with E-state index in [2.05, 4.69) is 4.98 Å². The first-order chi connectivity index (χ1) is 7.65. The van der Waals surface area contributed by atoms with Gasteiger partial charge in [-0.2, -0.15) is 0 Å². The van der Waals surface area contributed by atoms with Gasteiger partial charge in [0.25, 0.3) is 0 Å². The second kappa shape index (κ2) is 4.80. The Kier molecular flexibility index (Phi) is 3.41. The highest BCUT2D eigenvalue weighted by Crippen LogP contribution is 2.29. The van der Waals surface area contributed by atoms with Crippen molar-refractivity contribution in [1.82, 2.24) is 4.98 Å². The maximum atomic E-state index is 13.3. The van der Waals surface area contributed by atoms with E-state index in [9.17, 15) is 8.78 Å². The summed E-state index contributed by atoms with van der Waals surface area (Å²) in [5.74, 6) is -1.20. The van der Waals surface area contributed by atoms with Crippen LogP contribution in [0.4, 0.5) is 8.78 Å². The van der Waals surface area contributed by atoms with Gasteiger partial charge in [-0.3, -0.25) is 0 Å². The van der Waals surface area contributed by atoms with Crippen molar-refractivity contribution in [3.63, 3.8) is 0 Å². The monoisotopic (exact) mass is 257 g/mol. The van der Waals surface area contributed by atoms with Crippen molar-refractivity contribution in [2.24, 2.45) is 0 Å². The first kappa shape index (κ1) is 11.4. The molecule has 0 saturated heterocycles. The van der Waals surface area contributed by atoms with Crippen LogP contribution in [0.25, 0.3) is 0 Å². The molecule has 2 aromatic rings. The number of hydrogen-bond acceptors (Lipinski definition) is 2. The first-order valence-corrected chi connectivity index (χ1v) is 5.60. The summed E-state index contributed by atoms with van der Waals surface area (Å²) in [5.41, 5.74) is 0. The van der Waals surface area contributed by atoms with Crippen LogP contribution < -0.4 is 0 Å². The lowest BCUT2D eigenvalue weighted by Gasteiger charge is -2.02. The van der Waals surface area contributed by atoms with Gasteiger partial charge in [-0.25, -0.2) is 13.8 Å². The van der Waals surface area contributed by atoms with Crippen LogP contribution in [-0.2, 0) is 0 Å². The zero-order chi connectivity index (χ0) is 11.5. The molecule has 16 heavy (non-hydrogen) atoms. The molecule has 0 saturated carbocycles. The topological polar surface area (TPSA) is 12.9 Å². The van der Waals surface area contributed by atoms with E-state index >= 15 is 0 Å². The minimum Gasteiger partial charge on any atom is -0.229 e. The van der Waals surface area contributed by atoms with Crippen molar-refractivity contribution in [2.45, 2.75) is 9.92 Å². The summed E-state index contributed by atoms with van der Waals surface area (Å²) in [4.78, 5) is 4.32. The molecule has 2 rings (SSSR count). The van der Waals surface area contributed by atoms with E-state index in [1.54, 1.807) is 18.2 Å². The SMILES string of the molecule is Fc1ccc(Sc2cccc(Cl)n2)c(F)c1. The van der Waals surface area contributed by atoms with Crippen molar-refractivity contribution in [3.8, 4) is 0 Å². The zero-order valence-corrected chi connectivity index (χ0v) is 9.53. The molecule has 0 radical (unpaired) electrons. The maximum absolute atomic E-state index is 13.3. The van der Waals surface area contributed by atoms with Crippen LogP contribution in [0.3, 0.4) is 0 Å². The Labute approximate surface area is 100 Å². The Hall–Kier alpha value is -1.13. The molecule has 1 heterocycles. The summed E-state index contributed by atoms with van der Waals surface area (Å²) in [5, 5.41) is 0.908. The van der Waals surface area contributed by atoms with Crippen molar-refractivity contribution in [1.29, 1.82) is 0 Å². The third-order valence-corrected chi connectivity index (χ3v) is 3.00. The number of rotatable bonds is 2. The van der Waals surface area contributed by atoms with Gasteiger partial charge < -0.3 is 0 Å². The van der Waals surface area contributed by atoms with Gasteiger partial charge >= 0.3 is 0 Å². The van der Waals surface area contributed by atoms with E-state index in [1.807, 2.05) is 0 Å². The van der Waals surface area contributed by atoms with Gasteiger partial charge in [0, 0.05) is 11.0 Å². The molecular weight excluding hydrogens is 252 g/mol. The smallest absolute Gasteiger partial charge is 0.140 e. The fourth-order valence-electron chi connectivity index (χ4n) is 1.12. The zero-order valence-electron chi connectivity index (χ0n) is 7.95. The van der Waals surface area contributed by atoms with E-state index in [0.717, 1.165) is 17.8 Å². The van der Waals surface area contributed by atoms with Crippen LogP contribution in [0.15, 0.2) is 46.3 Å². The molecule has 82 valence electrons. The van der Waals surface area contributed by atoms with E-state index in [1.165, 1.54) is 12.1 Å². The molecule has 0 N–H and O–H groups in total. The molecule has 0 aliphatic rings. The number of halogens is 3. The van der Waals surface area contributed by atoms with Crippen molar-refractivity contribution in [3.05, 3.63) is 53.2 Å². The predicted octanol–water partition coefficient (Wildman–Crippen LogP) is 4.16. The quantitative estimate of drug-likeness (QED) is 0.749. The number of aromatic nitrogens is 1. The number of nitrogens with zero attached hydrogens (tertiary/aromatic N) is 1. The summed E-state index contributed by atoms with van der Waals surface area (Å²) in [6.07, 6.45) is 0. The van der Waals surface area contributed by atoms with E-state index in [-0.39, 0.29) is 0 Å². The highest BCUT2D eigenvalue weighted by molar-refractivity contribution is 7.99. The Balaban J connectivity index is 2.27. The highest BCUT2D eigenvalue weighted by Gasteiger charge is 2.06. The average molecular weight is 258 g/mol. The summed E-state index contributed by atoms with van der Waals surface area (Å²) >= 11 is 6.80. The predicted molar refractivity (Wildman–Crippen MR) is 59.7 cm³/mol. The van der Waals surface area contributed by atoms with E-state index in [4.69, 9.17) is 11.6 Å². The highest BCUT2D eigenvalue weighted by atomic mass is 35.5. The third-order valence-electron chi connectivity index (χ3n) is 1.80. The molecule has 0 aliphatic carbocycles. The fraction of sp³-hybridized carbons (Fsp3) is 0. The lowest BCUT2D eigenvalue weighted by atomic mass is 10.3. The van der Waals surface area contributed by atoms with E-state index in [0.29, 0.717) is 15.1 Å². The molecule has 0 spiro atoms. The van der Waals surface area contributed by atoms with Gasteiger partial charge in [0.2, 0.25) is 0 Å². The van der Waals surface area contributed by atoms with Gasteiger partial charge in [-0.05, 0) is 24.3 Å². The molecular formula is C11H6ClF2NS. The average Bonchev–Trinajstić information content (AvgIpc) is 2.22. The minimum atomic E-state index is -0.605. The standard InChI is InChI=1S/C11H6ClF2NS/c12-10-2-1-3-11(15-10)16-9-5-4-7(13)6-8(9)14/h1-6H. The second-order valence-electron chi connectivity index (χ2n) is 2.98. The summed E-state index contributed by atoms with van der Waals surface area (Å²) in [7, 11) is 0. The molecule has 0 fully saturated rings. The van der Waals surface area contributed by atoms with Crippen molar-refractivity contribution < 1.29 is 8.78 Å². The third kappa shape index (κ3) is 2.71. The summed E-state index contributed by atoms with van der Waals surface area (Å²) < 4.78 is 26.0. The lowest BCUT2D eigenvalue weighted by molar-refractivity contribution is 0.565. The molecule has 0 unspecified atom stereocenters. The van der Waals surface area contributed by atoms with Gasteiger partial charge in [0.15, 0.2) is 0 Å². The van der Waals surface area contributed by atoms with Crippen LogP contribution in [0, 0.1) is 11.6 Å². The van der Waals surface area contributed by atoms with Crippen LogP contribution in [0.2, 0.25) is 5.15 Å². The van der Waals surface area contributed by atoms with Gasteiger partial charge in [-0.15, -0.1) is 0 Å². The first-order valence-electron chi connectivity index (χ1n) is 4.40. The van der Waals surface area contributed by atoms with Crippen molar-refractivity contribution >= 4 is 23.4 Å². The minimum absolute atomic E-state index is 0.316. The van der Waals surface area contributed by atoms with E-state index < -0.39 is 11.6 Å². The Morgan fingerprint density at radius 2 is 1.94 bits per heavy atom. The normalized spacial score (nSPS) is 10.4. The van der Waals surface area contributed by atoms with Gasteiger partial charge in [-0.1, -0.05) is 29.4 Å².